The van der Waals surface area contributed by atoms with Crippen LogP contribution in [-0.4, -0.2) is 17.9 Å². The van der Waals surface area contributed by atoms with Crippen molar-refractivity contribution in [2.45, 2.75) is 60.2 Å². The quantitative estimate of drug-likeness (QED) is 0.580. The summed E-state index contributed by atoms with van der Waals surface area (Å²) in [5.41, 5.74) is -0.826. The summed E-state index contributed by atoms with van der Waals surface area (Å²) < 4.78 is 10.7. The zero-order valence-corrected chi connectivity index (χ0v) is 10.8. The first-order valence-electron chi connectivity index (χ1n) is 5.38. The molecule has 0 spiro atoms. The molecule has 1 rings (SSSR count). The Hall–Kier alpha value is -0.730. The number of carbonyl (C=O) groups is 1. The van der Waals surface area contributed by atoms with Gasteiger partial charge in [-0.2, -0.15) is 0 Å². The second-order valence-electron chi connectivity index (χ2n) is 6.57. The smallest absolute Gasteiger partial charge is 0.426 e. The van der Waals surface area contributed by atoms with Gasteiger partial charge in [-0.25, -0.2) is 4.79 Å². The van der Waals surface area contributed by atoms with Crippen LogP contribution in [0.1, 0.15) is 48.5 Å². The molecule has 0 aromatic carbocycles. The Kier molecular flexibility index (Phi) is 2.57. The summed E-state index contributed by atoms with van der Waals surface area (Å²) in [5.74, 6) is 0. The van der Waals surface area contributed by atoms with Gasteiger partial charge in [0.15, 0.2) is 11.7 Å². The van der Waals surface area contributed by atoms with E-state index in [0.717, 1.165) is 0 Å². The van der Waals surface area contributed by atoms with E-state index < -0.39 is 11.8 Å². The molecule has 3 nitrogen and oxygen atoms in total. The van der Waals surface area contributed by atoms with Crippen molar-refractivity contribution in [1.29, 1.82) is 0 Å². The molecule has 0 radical (unpaired) electrons. The lowest BCUT2D eigenvalue weighted by atomic mass is 9.67. The molecule has 0 aromatic heterocycles. The predicted molar refractivity (Wildman–Crippen MR) is 58.7 cm³/mol. The van der Waals surface area contributed by atoms with Gasteiger partial charge >= 0.3 is 6.16 Å². The summed E-state index contributed by atoms with van der Waals surface area (Å²) in [6.07, 6.45) is -0.759. The van der Waals surface area contributed by atoms with E-state index in [2.05, 4.69) is 41.5 Å². The molecule has 1 saturated heterocycles. The van der Waals surface area contributed by atoms with E-state index in [-0.39, 0.29) is 16.9 Å². The van der Waals surface area contributed by atoms with Gasteiger partial charge < -0.3 is 9.47 Å². The van der Waals surface area contributed by atoms with E-state index in [1.54, 1.807) is 0 Å². The second-order valence-corrected chi connectivity index (χ2v) is 6.57. The zero-order valence-electron chi connectivity index (χ0n) is 10.8. The van der Waals surface area contributed by atoms with E-state index in [1.807, 2.05) is 6.92 Å². The van der Waals surface area contributed by atoms with Crippen LogP contribution in [0, 0.1) is 10.8 Å². The Bertz CT molecular complexity index is 270. The summed E-state index contributed by atoms with van der Waals surface area (Å²) in [4.78, 5) is 11.3. The standard InChI is InChI=1S/C12H22O3/c1-10(2,3)8-12(7,11(4,5)6)15-9(13)14-8/h8H,1-7H3/t8?,12-/m1/s1. The minimum absolute atomic E-state index is 0.117. The number of cyclic esters (lactones) is 2. The molecule has 1 fully saturated rings. The molecule has 0 aromatic rings. The Morgan fingerprint density at radius 3 is 1.87 bits per heavy atom. The summed E-state index contributed by atoms with van der Waals surface area (Å²) in [6.45, 7) is 14.3. The number of rotatable bonds is 0. The summed E-state index contributed by atoms with van der Waals surface area (Å²) in [5, 5.41) is 0. The fraction of sp³-hybridized carbons (Fsp3) is 0.917. The molecule has 88 valence electrons. The van der Waals surface area contributed by atoms with Gasteiger partial charge in [0, 0.05) is 10.8 Å². The van der Waals surface area contributed by atoms with Gasteiger partial charge in [-0.15, -0.1) is 0 Å². The number of ether oxygens (including phenoxy) is 2. The van der Waals surface area contributed by atoms with Gasteiger partial charge in [-0.05, 0) is 6.92 Å². The highest BCUT2D eigenvalue weighted by Gasteiger charge is 2.58. The van der Waals surface area contributed by atoms with Gasteiger partial charge in [0.25, 0.3) is 0 Å². The van der Waals surface area contributed by atoms with E-state index >= 15 is 0 Å². The van der Waals surface area contributed by atoms with Crippen molar-refractivity contribution in [2.75, 3.05) is 0 Å². The van der Waals surface area contributed by atoms with E-state index in [1.165, 1.54) is 0 Å². The number of hydrogen-bond acceptors (Lipinski definition) is 3. The molecule has 2 atom stereocenters. The third-order valence-electron chi connectivity index (χ3n) is 3.29. The molecule has 15 heavy (non-hydrogen) atoms. The highest BCUT2D eigenvalue weighted by Crippen LogP contribution is 2.47. The molecule has 0 saturated carbocycles. The van der Waals surface area contributed by atoms with Crippen LogP contribution < -0.4 is 0 Å². The highest BCUT2D eigenvalue weighted by molar-refractivity contribution is 5.64. The number of carbonyl (C=O) groups excluding carboxylic acids is 1. The van der Waals surface area contributed by atoms with Crippen molar-refractivity contribution >= 4 is 6.16 Å². The van der Waals surface area contributed by atoms with Crippen molar-refractivity contribution in [1.82, 2.24) is 0 Å². The Morgan fingerprint density at radius 2 is 1.60 bits per heavy atom. The van der Waals surface area contributed by atoms with Crippen LogP contribution in [0.2, 0.25) is 0 Å². The molecule has 1 heterocycles. The Balaban J connectivity index is 3.12. The topological polar surface area (TPSA) is 35.5 Å². The monoisotopic (exact) mass is 214 g/mol. The molecule has 1 aliphatic heterocycles. The van der Waals surface area contributed by atoms with Gasteiger partial charge in [0.2, 0.25) is 0 Å². The van der Waals surface area contributed by atoms with Crippen LogP contribution >= 0.6 is 0 Å². The fourth-order valence-corrected chi connectivity index (χ4v) is 2.01. The Morgan fingerprint density at radius 1 is 1.13 bits per heavy atom. The SMILES string of the molecule is CC(C)(C)C1OC(=O)O[C@@]1(C)C(C)(C)C. The maximum absolute atomic E-state index is 11.3. The lowest BCUT2D eigenvalue weighted by Crippen LogP contribution is -2.53. The number of hydrogen-bond donors (Lipinski definition) is 0. The van der Waals surface area contributed by atoms with E-state index in [0.29, 0.717) is 0 Å². The maximum Gasteiger partial charge on any atom is 0.509 e. The first-order valence-corrected chi connectivity index (χ1v) is 5.38. The van der Waals surface area contributed by atoms with E-state index in [4.69, 9.17) is 9.47 Å². The predicted octanol–water partition coefficient (Wildman–Crippen LogP) is 3.37. The second kappa shape index (κ2) is 3.13. The molecule has 1 unspecified atom stereocenters. The van der Waals surface area contributed by atoms with Crippen LogP contribution in [0.5, 0.6) is 0 Å². The molecule has 1 aliphatic rings. The molecule has 0 amide bonds. The lowest BCUT2D eigenvalue weighted by Gasteiger charge is -2.43. The van der Waals surface area contributed by atoms with Crippen LogP contribution in [0.25, 0.3) is 0 Å². The third kappa shape index (κ3) is 1.97. The molecular formula is C12H22O3. The van der Waals surface area contributed by atoms with Gasteiger partial charge in [-0.3, -0.25) is 0 Å². The summed E-state index contributed by atoms with van der Waals surface area (Å²) in [6, 6.07) is 0. The minimum Gasteiger partial charge on any atom is -0.426 e. The molecular weight excluding hydrogens is 192 g/mol. The minimum atomic E-state index is -0.567. The van der Waals surface area contributed by atoms with E-state index in [9.17, 15) is 4.79 Å². The van der Waals surface area contributed by atoms with Gasteiger partial charge in [-0.1, -0.05) is 41.5 Å². The Labute approximate surface area is 92.1 Å². The van der Waals surface area contributed by atoms with Crippen molar-refractivity contribution in [3.63, 3.8) is 0 Å². The molecule has 0 bridgehead atoms. The van der Waals surface area contributed by atoms with Crippen LogP contribution in [0.3, 0.4) is 0 Å². The van der Waals surface area contributed by atoms with Crippen molar-refractivity contribution in [3.05, 3.63) is 0 Å². The third-order valence-corrected chi connectivity index (χ3v) is 3.29. The lowest BCUT2D eigenvalue weighted by molar-refractivity contribution is -0.0816. The molecule has 3 heteroatoms. The van der Waals surface area contributed by atoms with Crippen molar-refractivity contribution < 1.29 is 14.3 Å². The zero-order chi connectivity index (χ0) is 12.1. The first-order chi connectivity index (χ1) is 6.48. The largest absolute Gasteiger partial charge is 0.509 e. The van der Waals surface area contributed by atoms with Gasteiger partial charge in [0.1, 0.15) is 0 Å². The van der Waals surface area contributed by atoms with Crippen LogP contribution in [0.4, 0.5) is 4.79 Å². The fourth-order valence-electron chi connectivity index (χ4n) is 2.01. The van der Waals surface area contributed by atoms with Crippen LogP contribution in [0.15, 0.2) is 0 Å². The average molecular weight is 214 g/mol. The average Bonchev–Trinajstić information content (AvgIpc) is 2.24. The normalized spacial score (nSPS) is 32.5. The summed E-state index contributed by atoms with van der Waals surface area (Å²) >= 11 is 0. The van der Waals surface area contributed by atoms with Crippen molar-refractivity contribution in [2.24, 2.45) is 10.8 Å². The molecule has 0 aliphatic carbocycles. The van der Waals surface area contributed by atoms with Crippen molar-refractivity contribution in [3.8, 4) is 0 Å². The van der Waals surface area contributed by atoms with Gasteiger partial charge in [0.05, 0.1) is 0 Å². The highest BCUT2D eigenvalue weighted by atomic mass is 16.8. The van der Waals surface area contributed by atoms with Crippen LogP contribution in [-0.2, 0) is 9.47 Å². The molecule has 0 N–H and O–H groups in total. The maximum atomic E-state index is 11.3. The summed E-state index contributed by atoms with van der Waals surface area (Å²) in [7, 11) is 0. The first kappa shape index (κ1) is 12.3.